The minimum atomic E-state index is -0.648. The van der Waals surface area contributed by atoms with Gasteiger partial charge in [-0.05, 0) is 60.3 Å². The van der Waals surface area contributed by atoms with Gasteiger partial charge in [0.15, 0.2) is 0 Å². The number of rotatable bonds is 7. The summed E-state index contributed by atoms with van der Waals surface area (Å²) in [7, 11) is 0. The van der Waals surface area contributed by atoms with E-state index in [2.05, 4.69) is 6.08 Å². The average Bonchev–Trinajstić information content (AvgIpc) is 3.41. The zero-order valence-corrected chi connectivity index (χ0v) is 22.2. The lowest BCUT2D eigenvalue weighted by Gasteiger charge is -2.37. The van der Waals surface area contributed by atoms with Crippen LogP contribution in [-0.4, -0.2) is 47.9 Å². The van der Waals surface area contributed by atoms with Crippen molar-refractivity contribution in [3.63, 3.8) is 0 Å². The second-order valence-electron chi connectivity index (χ2n) is 10.4. The molecule has 0 spiro atoms. The van der Waals surface area contributed by atoms with Gasteiger partial charge in [-0.1, -0.05) is 31.6 Å². The summed E-state index contributed by atoms with van der Waals surface area (Å²) < 4.78 is 23.5. The highest BCUT2D eigenvalue weighted by Crippen LogP contribution is 2.48. The molecule has 0 radical (unpaired) electrons. The number of carbonyl (C=O) groups excluding carboxylic acids is 3. The molecule has 0 aromatic carbocycles. The maximum absolute atomic E-state index is 13.2. The van der Waals surface area contributed by atoms with Gasteiger partial charge in [0.05, 0.1) is 11.5 Å². The quantitative estimate of drug-likeness (QED) is 0.169. The summed E-state index contributed by atoms with van der Waals surface area (Å²) in [5, 5.41) is 0. The van der Waals surface area contributed by atoms with E-state index in [1.807, 2.05) is 27.7 Å². The Labute approximate surface area is 204 Å². The molecule has 7 nitrogen and oxygen atoms in total. The lowest BCUT2D eigenvalue weighted by molar-refractivity contribution is -0.172. The first-order valence-corrected chi connectivity index (χ1v) is 12.4. The molecule has 0 N–H and O–H groups in total. The van der Waals surface area contributed by atoms with Gasteiger partial charge in [-0.25, -0.2) is 4.79 Å². The molecule has 34 heavy (non-hydrogen) atoms. The summed E-state index contributed by atoms with van der Waals surface area (Å²) in [6.07, 6.45) is 4.12. The molecule has 0 aromatic heterocycles. The molecule has 1 fully saturated rings. The second kappa shape index (κ2) is 11.5. The largest absolute Gasteiger partial charge is 0.462 e. The van der Waals surface area contributed by atoms with Crippen molar-refractivity contribution in [3.8, 4) is 0 Å². The van der Waals surface area contributed by atoms with Crippen molar-refractivity contribution in [1.82, 2.24) is 0 Å². The first-order valence-electron chi connectivity index (χ1n) is 12.4. The molecule has 1 aliphatic heterocycles. The summed E-state index contributed by atoms with van der Waals surface area (Å²) in [6, 6.07) is 0. The van der Waals surface area contributed by atoms with Gasteiger partial charge in [0.2, 0.25) is 0 Å². The minimum Gasteiger partial charge on any atom is -0.462 e. The van der Waals surface area contributed by atoms with Gasteiger partial charge in [-0.2, -0.15) is 0 Å². The van der Waals surface area contributed by atoms with Gasteiger partial charge < -0.3 is 18.9 Å². The molecule has 3 unspecified atom stereocenters. The SMILES string of the molecule is C/C=C(\C)C(=O)O[C@@H]1C/C(C)=C/CC[C@@]2(C)O[C@H]2C(OC(=O)C(C)C(C)OC(C)=O)[C@H]1C(C)C. The van der Waals surface area contributed by atoms with Crippen LogP contribution in [0.3, 0.4) is 0 Å². The molecule has 0 amide bonds. The number of ether oxygens (including phenoxy) is 4. The smallest absolute Gasteiger partial charge is 0.333 e. The Morgan fingerprint density at radius 1 is 1.15 bits per heavy atom. The van der Waals surface area contributed by atoms with Crippen molar-refractivity contribution in [1.29, 1.82) is 0 Å². The van der Waals surface area contributed by atoms with Crippen molar-refractivity contribution in [2.45, 2.75) is 112 Å². The van der Waals surface area contributed by atoms with Gasteiger partial charge in [-0.15, -0.1) is 0 Å². The zero-order chi connectivity index (χ0) is 25.8. The number of esters is 3. The fourth-order valence-electron chi connectivity index (χ4n) is 4.64. The lowest BCUT2D eigenvalue weighted by atomic mass is 9.78. The van der Waals surface area contributed by atoms with E-state index in [0.717, 1.165) is 18.4 Å². The average molecular weight is 479 g/mol. The van der Waals surface area contributed by atoms with Gasteiger partial charge in [-0.3, -0.25) is 9.59 Å². The molecule has 1 heterocycles. The molecule has 0 aromatic rings. The molecule has 0 saturated carbocycles. The summed E-state index contributed by atoms with van der Waals surface area (Å²) in [5.41, 5.74) is 1.25. The molecule has 1 aliphatic carbocycles. The van der Waals surface area contributed by atoms with Crippen LogP contribution < -0.4 is 0 Å². The molecule has 7 heteroatoms. The maximum atomic E-state index is 13.2. The monoisotopic (exact) mass is 478 g/mol. The standard InChI is InChI=1S/C27H42O7/c1-10-17(5)25(29)32-21-14-16(4)12-11-13-27(9)24(34-27)23(22(21)15(2)3)33-26(30)18(6)19(7)31-20(8)28/h10,12,15,18-19,21-24H,11,13-14H2,1-9H3/b16-12+,17-10+/t18?,19?,21-,22+,23?,24+,27-/m1/s1. The van der Waals surface area contributed by atoms with Crippen LogP contribution in [0.15, 0.2) is 23.3 Å². The third-order valence-corrected chi connectivity index (χ3v) is 7.17. The number of fused-ring (bicyclic) bond motifs is 1. The Morgan fingerprint density at radius 2 is 1.79 bits per heavy atom. The van der Waals surface area contributed by atoms with E-state index in [4.69, 9.17) is 18.9 Å². The van der Waals surface area contributed by atoms with Crippen molar-refractivity contribution in [2.24, 2.45) is 17.8 Å². The number of epoxide rings is 1. The zero-order valence-electron chi connectivity index (χ0n) is 22.2. The highest BCUT2D eigenvalue weighted by molar-refractivity contribution is 5.87. The highest BCUT2D eigenvalue weighted by atomic mass is 16.6. The highest BCUT2D eigenvalue weighted by Gasteiger charge is 2.60. The van der Waals surface area contributed by atoms with Crippen LogP contribution in [0, 0.1) is 17.8 Å². The predicted octanol–water partition coefficient (Wildman–Crippen LogP) is 4.92. The van der Waals surface area contributed by atoms with E-state index < -0.39 is 41.8 Å². The number of carbonyl (C=O) groups is 3. The van der Waals surface area contributed by atoms with E-state index in [-0.39, 0.29) is 23.9 Å². The van der Waals surface area contributed by atoms with Crippen LogP contribution >= 0.6 is 0 Å². The van der Waals surface area contributed by atoms with Crippen LogP contribution in [0.25, 0.3) is 0 Å². The molecule has 7 atom stereocenters. The van der Waals surface area contributed by atoms with Crippen molar-refractivity contribution in [3.05, 3.63) is 23.3 Å². The molecule has 0 bridgehead atoms. The minimum absolute atomic E-state index is 0.0448. The number of hydrogen-bond donors (Lipinski definition) is 0. The normalized spacial score (nSPS) is 33.0. The third kappa shape index (κ3) is 6.94. The van der Waals surface area contributed by atoms with Crippen LogP contribution in [0.4, 0.5) is 0 Å². The fraction of sp³-hybridized carbons (Fsp3) is 0.741. The van der Waals surface area contributed by atoms with Crippen LogP contribution in [0.5, 0.6) is 0 Å². The van der Waals surface area contributed by atoms with E-state index in [1.54, 1.807) is 33.8 Å². The predicted molar refractivity (Wildman–Crippen MR) is 129 cm³/mol. The Hall–Kier alpha value is -2.15. The van der Waals surface area contributed by atoms with Crippen LogP contribution in [0.1, 0.15) is 81.6 Å². The second-order valence-corrected chi connectivity index (χ2v) is 10.4. The maximum Gasteiger partial charge on any atom is 0.333 e. The Bertz CT molecular complexity index is 827. The van der Waals surface area contributed by atoms with Crippen LogP contribution in [-0.2, 0) is 33.3 Å². The molecular formula is C27H42O7. The fourth-order valence-corrected chi connectivity index (χ4v) is 4.64. The Balaban J connectivity index is 2.42. The van der Waals surface area contributed by atoms with Gasteiger partial charge in [0.1, 0.15) is 24.4 Å². The molecule has 1 saturated heterocycles. The Kier molecular flexibility index (Phi) is 9.52. The van der Waals surface area contributed by atoms with Crippen molar-refractivity contribution >= 4 is 17.9 Å². The van der Waals surface area contributed by atoms with Gasteiger partial charge in [0, 0.05) is 24.8 Å². The first-order chi connectivity index (χ1) is 15.8. The molecule has 2 aliphatic rings. The first kappa shape index (κ1) is 28.1. The van der Waals surface area contributed by atoms with Crippen molar-refractivity contribution < 1.29 is 33.3 Å². The third-order valence-electron chi connectivity index (χ3n) is 7.17. The molecular weight excluding hydrogens is 436 g/mol. The summed E-state index contributed by atoms with van der Waals surface area (Å²) in [5.74, 6) is -2.15. The number of allylic oxidation sites excluding steroid dienone is 2. The number of hydrogen-bond acceptors (Lipinski definition) is 7. The summed E-state index contributed by atoms with van der Waals surface area (Å²) in [4.78, 5) is 37.3. The van der Waals surface area contributed by atoms with E-state index in [0.29, 0.717) is 12.0 Å². The van der Waals surface area contributed by atoms with E-state index in [9.17, 15) is 14.4 Å². The van der Waals surface area contributed by atoms with Gasteiger partial charge in [0.25, 0.3) is 0 Å². The summed E-state index contributed by atoms with van der Waals surface area (Å²) >= 11 is 0. The van der Waals surface area contributed by atoms with E-state index >= 15 is 0 Å². The summed E-state index contributed by atoms with van der Waals surface area (Å²) in [6.45, 7) is 16.4. The molecule has 192 valence electrons. The molecule has 2 rings (SSSR count). The van der Waals surface area contributed by atoms with Gasteiger partial charge >= 0.3 is 17.9 Å². The van der Waals surface area contributed by atoms with Crippen LogP contribution in [0.2, 0.25) is 0 Å². The lowest BCUT2D eigenvalue weighted by Crippen LogP contribution is -2.46. The van der Waals surface area contributed by atoms with Crippen molar-refractivity contribution in [2.75, 3.05) is 0 Å². The Morgan fingerprint density at radius 3 is 2.35 bits per heavy atom. The topological polar surface area (TPSA) is 91.4 Å². The van der Waals surface area contributed by atoms with E-state index in [1.165, 1.54) is 6.92 Å².